The number of imidazole rings is 1. The quantitative estimate of drug-likeness (QED) is 0.195. The first-order chi connectivity index (χ1) is 22.2. The first kappa shape index (κ1) is 24.4. The molecule has 0 N–H and O–H groups in total. The van der Waals surface area contributed by atoms with Crippen molar-refractivity contribution in [1.29, 1.82) is 0 Å². The first-order valence-corrected chi connectivity index (χ1v) is 15.0. The molecule has 1 unspecified atom stereocenters. The monoisotopic (exact) mass is 582 g/mol. The van der Waals surface area contributed by atoms with Crippen LogP contribution in [-0.4, -0.2) is 18.9 Å². The molecule has 0 radical (unpaired) electrons. The molecule has 0 aliphatic heterocycles. The third kappa shape index (κ3) is 3.36. The summed E-state index contributed by atoms with van der Waals surface area (Å²) in [5.41, 5.74) is 7.30. The zero-order valence-electron chi connectivity index (χ0n) is 23.9. The van der Waals surface area contributed by atoms with E-state index in [1.165, 1.54) is 0 Å². The summed E-state index contributed by atoms with van der Waals surface area (Å²) in [6.07, 6.45) is 4.30. The molecule has 0 amide bonds. The van der Waals surface area contributed by atoms with Crippen molar-refractivity contribution in [3.8, 4) is 5.69 Å². The lowest BCUT2D eigenvalue weighted by Crippen LogP contribution is -2.00. The average Bonchev–Trinajstić information content (AvgIpc) is 3.82. The number of fused-ring (bicyclic) bond motifs is 13. The van der Waals surface area contributed by atoms with Gasteiger partial charge in [-0.25, -0.2) is 14.4 Å². The molecule has 0 aliphatic carbocycles. The maximum Gasteiger partial charge on any atom is 0.150 e. The molecule has 10 aromatic rings. The van der Waals surface area contributed by atoms with E-state index in [1.807, 2.05) is 97.3 Å². The van der Waals surface area contributed by atoms with Gasteiger partial charge < -0.3 is 4.42 Å². The minimum Gasteiger partial charge on any atom is -0.455 e. The van der Waals surface area contributed by atoms with E-state index in [9.17, 15) is 0 Å². The van der Waals surface area contributed by atoms with E-state index >= 15 is 4.39 Å². The second-order valence-corrected chi connectivity index (χ2v) is 11.6. The topological polar surface area (TPSA) is 48.3 Å². The van der Waals surface area contributed by atoms with Crippen LogP contribution in [0.2, 0.25) is 0 Å². The van der Waals surface area contributed by atoms with E-state index in [0.29, 0.717) is 11.1 Å². The van der Waals surface area contributed by atoms with E-state index in [-0.39, 0.29) is 0 Å². The molecule has 5 nitrogen and oxygen atoms in total. The van der Waals surface area contributed by atoms with Crippen LogP contribution in [0.15, 0.2) is 138 Å². The molecule has 5 aromatic heterocycles. The van der Waals surface area contributed by atoms with Gasteiger partial charge >= 0.3 is 0 Å². The summed E-state index contributed by atoms with van der Waals surface area (Å²) in [6.45, 7) is 0. The third-order valence-corrected chi connectivity index (χ3v) is 9.12. The van der Waals surface area contributed by atoms with Crippen LogP contribution in [0.1, 0.15) is 17.3 Å². The summed E-state index contributed by atoms with van der Waals surface area (Å²) in [5.74, 6) is 0. The zero-order chi connectivity index (χ0) is 29.6. The highest BCUT2D eigenvalue weighted by Crippen LogP contribution is 2.40. The highest BCUT2D eigenvalue weighted by Gasteiger charge is 2.21. The molecule has 0 bridgehead atoms. The Kier molecular flexibility index (Phi) is 4.89. The largest absolute Gasteiger partial charge is 0.455 e. The minimum absolute atomic E-state index is 0.572. The van der Waals surface area contributed by atoms with Crippen molar-refractivity contribution in [3.05, 3.63) is 145 Å². The fourth-order valence-corrected chi connectivity index (χ4v) is 7.10. The zero-order valence-corrected chi connectivity index (χ0v) is 23.9. The molecule has 6 heteroatoms. The van der Waals surface area contributed by atoms with Crippen molar-refractivity contribution in [2.24, 2.45) is 0 Å². The van der Waals surface area contributed by atoms with Crippen molar-refractivity contribution in [1.82, 2.24) is 18.9 Å². The second-order valence-electron chi connectivity index (χ2n) is 11.6. The predicted molar refractivity (Wildman–Crippen MR) is 179 cm³/mol. The van der Waals surface area contributed by atoms with Crippen molar-refractivity contribution in [2.75, 3.05) is 0 Å². The lowest BCUT2D eigenvalue weighted by atomic mass is 9.98. The molecule has 5 heterocycles. The van der Waals surface area contributed by atoms with Crippen LogP contribution < -0.4 is 0 Å². The number of hydrogen-bond donors (Lipinski definition) is 0. The van der Waals surface area contributed by atoms with Gasteiger partial charge in [0.25, 0.3) is 0 Å². The van der Waals surface area contributed by atoms with Gasteiger partial charge in [0, 0.05) is 51.2 Å². The Morgan fingerprint density at radius 2 is 1.38 bits per heavy atom. The van der Waals surface area contributed by atoms with Gasteiger partial charge in [0.15, 0.2) is 6.17 Å². The molecule has 5 aromatic carbocycles. The molecule has 0 spiro atoms. The maximum absolute atomic E-state index is 16.5. The van der Waals surface area contributed by atoms with Gasteiger partial charge in [-0.3, -0.25) is 8.97 Å². The molecule has 1 atom stereocenters. The summed E-state index contributed by atoms with van der Waals surface area (Å²) >= 11 is 0. The smallest absolute Gasteiger partial charge is 0.150 e. The number of para-hydroxylation sites is 3. The Morgan fingerprint density at radius 1 is 0.600 bits per heavy atom. The Hall–Kier alpha value is -6.01. The van der Waals surface area contributed by atoms with E-state index in [2.05, 4.69) is 44.3 Å². The fourth-order valence-electron chi connectivity index (χ4n) is 7.10. The molecule has 212 valence electrons. The number of pyridine rings is 2. The number of aromatic nitrogens is 4. The summed E-state index contributed by atoms with van der Waals surface area (Å²) in [7, 11) is 0. The van der Waals surface area contributed by atoms with Crippen LogP contribution in [0, 0.1) is 0 Å². The first-order valence-electron chi connectivity index (χ1n) is 15.0. The molecule has 0 aliphatic rings. The number of nitrogens with zero attached hydrogens (tertiary/aromatic N) is 4. The van der Waals surface area contributed by atoms with E-state index in [0.717, 1.165) is 76.9 Å². The number of furan rings is 1. The van der Waals surface area contributed by atoms with E-state index < -0.39 is 6.17 Å². The average molecular weight is 583 g/mol. The highest BCUT2D eigenvalue weighted by atomic mass is 19.1. The third-order valence-electron chi connectivity index (χ3n) is 9.12. The van der Waals surface area contributed by atoms with Gasteiger partial charge in [0.1, 0.15) is 22.5 Å². The van der Waals surface area contributed by atoms with Crippen molar-refractivity contribution < 1.29 is 8.81 Å². The maximum atomic E-state index is 16.5. The molecule has 45 heavy (non-hydrogen) atoms. The Labute approximate surface area is 255 Å². The van der Waals surface area contributed by atoms with Gasteiger partial charge in [-0.2, -0.15) is 0 Å². The van der Waals surface area contributed by atoms with Gasteiger partial charge in [0.2, 0.25) is 0 Å². The Bertz CT molecular complexity index is 2810. The highest BCUT2D eigenvalue weighted by molar-refractivity contribution is 6.22. The van der Waals surface area contributed by atoms with Crippen LogP contribution >= 0.6 is 0 Å². The van der Waals surface area contributed by atoms with Crippen LogP contribution in [0.4, 0.5) is 4.39 Å². The number of alkyl halides is 1. The summed E-state index contributed by atoms with van der Waals surface area (Å²) in [6, 6.07) is 38.1. The lowest BCUT2D eigenvalue weighted by molar-refractivity contribution is 0.402. The van der Waals surface area contributed by atoms with E-state index in [4.69, 9.17) is 9.40 Å². The number of hydrogen-bond acceptors (Lipinski definition) is 3. The molecule has 10 rings (SSSR count). The predicted octanol–water partition coefficient (Wildman–Crippen LogP) is 10.1. The minimum atomic E-state index is -1.33. The Balaban J connectivity index is 1.16. The molecular weight excluding hydrogens is 559 g/mol. The van der Waals surface area contributed by atoms with Crippen LogP contribution in [0.3, 0.4) is 0 Å². The molecular formula is C39H23FN4O. The van der Waals surface area contributed by atoms with Crippen LogP contribution in [0.25, 0.3) is 76.9 Å². The lowest BCUT2D eigenvalue weighted by Gasteiger charge is -2.14. The van der Waals surface area contributed by atoms with Crippen molar-refractivity contribution in [3.63, 3.8) is 0 Å². The summed E-state index contributed by atoms with van der Waals surface area (Å²) < 4.78 is 27.1. The Morgan fingerprint density at radius 3 is 2.29 bits per heavy atom. The standard InChI is InChI=1S/C39H23FN4O/c40-36(24-16-17-26-27-10-1-4-13-32(27)43-19-18-41-38(43)30(26)21-24)23-8-7-9-25(20-23)44-33-14-5-2-12-29(33)35-37-31(22-42-39(35)44)28-11-3-6-15-34(28)45-37/h1-22,36H. The van der Waals surface area contributed by atoms with Gasteiger partial charge in [0.05, 0.1) is 16.4 Å². The summed E-state index contributed by atoms with van der Waals surface area (Å²) in [4.78, 5) is 9.59. The number of benzene rings is 5. The van der Waals surface area contributed by atoms with Crippen LogP contribution in [0.5, 0.6) is 0 Å². The summed E-state index contributed by atoms with van der Waals surface area (Å²) in [5, 5.41) is 7.11. The van der Waals surface area contributed by atoms with Crippen molar-refractivity contribution in [2.45, 2.75) is 6.17 Å². The SMILES string of the molecule is FC(c1cccc(-n2c3ccccc3c3c4oc5ccccc5c4cnc32)c1)c1ccc2c3ccccc3n3ccnc3c2c1. The molecule has 0 saturated heterocycles. The van der Waals surface area contributed by atoms with Crippen molar-refractivity contribution >= 4 is 71.2 Å². The van der Waals surface area contributed by atoms with E-state index in [1.54, 1.807) is 6.20 Å². The van der Waals surface area contributed by atoms with Gasteiger partial charge in [-0.15, -0.1) is 0 Å². The normalized spacial score (nSPS) is 12.9. The molecule has 0 fully saturated rings. The fraction of sp³-hybridized carbons (Fsp3) is 0.0256. The van der Waals surface area contributed by atoms with Gasteiger partial charge in [-0.1, -0.05) is 78.9 Å². The van der Waals surface area contributed by atoms with Gasteiger partial charge in [-0.05, 0) is 52.9 Å². The second kappa shape index (κ2) is 9.00. The van der Waals surface area contributed by atoms with Crippen LogP contribution in [-0.2, 0) is 0 Å². The molecule has 0 saturated carbocycles. The number of rotatable bonds is 3. The number of halogens is 1.